The zero-order chi connectivity index (χ0) is 21.8. The molecule has 1 saturated heterocycles. The smallest absolute Gasteiger partial charge is 0.0612 e. The second-order valence-electron chi connectivity index (χ2n) is 8.66. The summed E-state index contributed by atoms with van der Waals surface area (Å²) >= 11 is 0. The molecule has 0 N–H and O–H groups in total. The third-order valence-electron chi connectivity index (χ3n) is 6.67. The Morgan fingerprint density at radius 3 is 1.12 bits per heavy atom. The molecule has 1 fully saturated rings. The van der Waals surface area contributed by atoms with Gasteiger partial charge in [-0.1, -0.05) is 121 Å². The number of benzene rings is 4. The number of nitrogens with zero attached hydrogens (tertiary/aromatic N) is 2. The molecule has 0 bridgehead atoms. The first kappa shape index (κ1) is 20.7. The molecular formula is C30H30N2. The Morgan fingerprint density at radius 1 is 0.469 bits per heavy atom. The molecule has 1 aliphatic heterocycles. The van der Waals surface area contributed by atoms with E-state index in [1.54, 1.807) is 0 Å². The molecule has 32 heavy (non-hydrogen) atoms. The first-order chi connectivity index (χ1) is 15.8. The van der Waals surface area contributed by atoms with Crippen LogP contribution in [0.2, 0.25) is 0 Å². The van der Waals surface area contributed by atoms with Crippen molar-refractivity contribution in [2.75, 3.05) is 0 Å². The highest BCUT2D eigenvalue weighted by atomic mass is 15.4. The van der Waals surface area contributed by atoms with Gasteiger partial charge in [0.2, 0.25) is 0 Å². The minimum atomic E-state index is 0.275. The second-order valence-corrected chi connectivity index (χ2v) is 8.66. The summed E-state index contributed by atoms with van der Waals surface area (Å²) in [6.07, 6.45) is 0.297. The van der Waals surface area contributed by atoms with Crippen LogP contribution in [-0.4, -0.2) is 16.0 Å². The Morgan fingerprint density at radius 2 is 0.781 bits per heavy atom. The molecular weight excluding hydrogens is 388 g/mol. The van der Waals surface area contributed by atoms with Gasteiger partial charge in [0.15, 0.2) is 0 Å². The fourth-order valence-corrected chi connectivity index (χ4v) is 5.12. The monoisotopic (exact) mass is 418 g/mol. The lowest BCUT2D eigenvalue weighted by atomic mass is 9.92. The maximum atomic E-state index is 2.67. The van der Waals surface area contributed by atoms with Crippen LogP contribution in [0, 0.1) is 0 Å². The first-order valence-corrected chi connectivity index (χ1v) is 11.5. The Labute approximate surface area is 191 Å². The van der Waals surface area contributed by atoms with Crippen LogP contribution in [-0.2, 0) is 13.1 Å². The van der Waals surface area contributed by atoms with Crippen molar-refractivity contribution in [3.8, 4) is 0 Å². The Hall–Kier alpha value is -3.20. The van der Waals surface area contributed by atoms with Gasteiger partial charge in [0.25, 0.3) is 0 Å². The van der Waals surface area contributed by atoms with Crippen LogP contribution in [0.3, 0.4) is 0 Å². The highest BCUT2D eigenvalue weighted by Gasteiger charge is 2.46. The average Bonchev–Trinajstić information content (AvgIpc) is 3.12. The van der Waals surface area contributed by atoms with Gasteiger partial charge in [-0.2, -0.15) is 0 Å². The van der Waals surface area contributed by atoms with Gasteiger partial charge in [0.05, 0.1) is 18.2 Å². The van der Waals surface area contributed by atoms with Crippen LogP contribution in [0.4, 0.5) is 0 Å². The number of hydrogen-bond acceptors (Lipinski definition) is 2. The number of hydrogen-bond donors (Lipinski definition) is 0. The highest BCUT2D eigenvalue weighted by Crippen LogP contribution is 2.48. The molecule has 1 heterocycles. The normalized spacial score (nSPS) is 19.9. The van der Waals surface area contributed by atoms with Crippen molar-refractivity contribution in [3.63, 3.8) is 0 Å². The third-order valence-corrected chi connectivity index (χ3v) is 6.67. The maximum absolute atomic E-state index is 2.67. The lowest BCUT2D eigenvalue weighted by Crippen LogP contribution is -2.36. The summed E-state index contributed by atoms with van der Waals surface area (Å²) in [5.41, 5.74) is 5.46. The van der Waals surface area contributed by atoms with E-state index in [0.717, 1.165) is 13.1 Å². The van der Waals surface area contributed by atoms with Crippen LogP contribution in [0.1, 0.15) is 41.3 Å². The van der Waals surface area contributed by atoms with E-state index in [-0.39, 0.29) is 12.1 Å². The molecule has 160 valence electrons. The Balaban J connectivity index is 1.60. The summed E-state index contributed by atoms with van der Waals surface area (Å²) in [7, 11) is 0. The van der Waals surface area contributed by atoms with Crippen LogP contribution in [0.25, 0.3) is 0 Å². The van der Waals surface area contributed by atoms with E-state index in [0.29, 0.717) is 6.17 Å². The molecule has 2 nitrogen and oxygen atoms in total. The van der Waals surface area contributed by atoms with Gasteiger partial charge < -0.3 is 0 Å². The zero-order valence-corrected chi connectivity index (χ0v) is 18.6. The predicted octanol–water partition coefficient (Wildman–Crippen LogP) is 6.83. The minimum Gasteiger partial charge on any atom is -0.275 e. The fourth-order valence-electron chi connectivity index (χ4n) is 5.12. The first-order valence-electron chi connectivity index (χ1n) is 11.5. The molecule has 0 aromatic heterocycles. The Kier molecular flexibility index (Phi) is 6.15. The molecule has 5 rings (SSSR count). The van der Waals surface area contributed by atoms with Gasteiger partial charge in [-0.05, 0) is 29.2 Å². The molecule has 2 heteroatoms. The Bertz CT molecular complexity index is 1010. The summed E-state index contributed by atoms with van der Waals surface area (Å²) in [6, 6.07) is 44.3. The van der Waals surface area contributed by atoms with Crippen LogP contribution >= 0.6 is 0 Å². The molecule has 0 radical (unpaired) electrons. The van der Waals surface area contributed by atoms with Crippen LogP contribution in [0.15, 0.2) is 121 Å². The summed E-state index contributed by atoms with van der Waals surface area (Å²) in [5, 5.41) is 0. The second kappa shape index (κ2) is 9.52. The van der Waals surface area contributed by atoms with Gasteiger partial charge in [-0.25, -0.2) is 0 Å². The van der Waals surface area contributed by atoms with E-state index < -0.39 is 0 Å². The highest BCUT2D eigenvalue weighted by molar-refractivity contribution is 5.31. The van der Waals surface area contributed by atoms with Crippen molar-refractivity contribution in [1.29, 1.82) is 0 Å². The largest absolute Gasteiger partial charge is 0.275 e. The van der Waals surface area contributed by atoms with Crippen molar-refractivity contribution >= 4 is 0 Å². The molecule has 0 spiro atoms. The van der Waals surface area contributed by atoms with E-state index in [1.165, 1.54) is 22.3 Å². The molecule has 0 aliphatic carbocycles. The predicted molar refractivity (Wildman–Crippen MR) is 132 cm³/mol. The maximum Gasteiger partial charge on any atom is 0.0612 e. The summed E-state index contributed by atoms with van der Waals surface area (Å²) in [5.74, 6) is 0. The standard InChI is InChI=1S/C30H30N2/c1-24-31(22-25-14-6-2-7-15-25)29(27-18-10-4-11-19-27)30(28-20-12-5-13-21-28)32(24)23-26-16-8-3-9-17-26/h2-21,24,29-30H,22-23H2,1H3/t29-,30-/m1/s1. The van der Waals surface area contributed by atoms with Crippen molar-refractivity contribution < 1.29 is 0 Å². The quantitative estimate of drug-likeness (QED) is 0.338. The summed E-state index contributed by atoms with van der Waals surface area (Å²) in [4.78, 5) is 5.34. The van der Waals surface area contributed by atoms with Crippen LogP contribution in [0.5, 0.6) is 0 Å². The van der Waals surface area contributed by atoms with Crippen molar-refractivity contribution in [3.05, 3.63) is 144 Å². The zero-order valence-electron chi connectivity index (χ0n) is 18.6. The average molecular weight is 419 g/mol. The van der Waals surface area contributed by atoms with Crippen molar-refractivity contribution in [2.24, 2.45) is 0 Å². The van der Waals surface area contributed by atoms with Crippen LogP contribution < -0.4 is 0 Å². The summed E-state index contributed by atoms with van der Waals surface area (Å²) < 4.78 is 0. The lowest BCUT2D eigenvalue weighted by molar-refractivity contribution is 0.117. The van der Waals surface area contributed by atoms with E-state index >= 15 is 0 Å². The molecule has 2 atom stereocenters. The summed E-state index contributed by atoms with van der Waals surface area (Å²) in [6.45, 7) is 4.22. The SMILES string of the molecule is CC1N(Cc2ccccc2)[C@H](c2ccccc2)[C@@H](c2ccccc2)N1Cc1ccccc1. The van der Waals surface area contributed by atoms with Crippen molar-refractivity contribution in [2.45, 2.75) is 38.3 Å². The van der Waals surface area contributed by atoms with Gasteiger partial charge >= 0.3 is 0 Å². The van der Waals surface area contributed by atoms with Gasteiger partial charge in [-0.15, -0.1) is 0 Å². The topological polar surface area (TPSA) is 6.48 Å². The van der Waals surface area contributed by atoms with E-state index in [4.69, 9.17) is 0 Å². The number of rotatable bonds is 6. The van der Waals surface area contributed by atoms with Crippen molar-refractivity contribution in [1.82, 2.24) is 9.80 Å². The molecule has 0 saturated carbocycles. The molecule has 4 aromatic rings. The third kappa shape index (κ3) is 4.25. The minimum absolute atomic E-state index is 0.275. The molecule has 1 aliphatic rings. The van der Waals surface area contributed by atoms with Gasteiger partial charge in [0, 0.05) is 13.1 Å². The molecule has 4 aromatic carbocycles. The lowest BCUT2D eigenvalue weighted by Gasteiger charge is -2.29. The molecule has 0 unspecified atom stereocenters. The van der Waals surface area contributed by atoms with E-state index in [9.17, 15) is 0 Å². The van der Waals surface area contributed by atoms with Gasteiger partial charge in [0.1, 0.15) is 0 Å². The molecule has 0 amide bonds. The van der Waals surface area contributed by atoms with E-state index in [2.05, 4.69) is 138 Å². The van der Waals surface area contributed by atoms with Gasteiger partial charge in [-0.3, -0.25) is 9.80 Å². The van der Waals surface area contributed by atoms with E-state index in [1.807, 2.05) is 0 Å². The fraction of sp³-hybridized carbons (Fsp3) is 0.200.